The fraction of sp³-hybridized carbons (Fsp3) is 0.0192. The zero-order valence-electron chi connectivity index (χ0n) is 30.3. The van der Waals surface area contributed by atoms with Gasteiger partial charge in [-0.3, -0.25) is 4.57 Å². The Balaban J connectivity index is 1.10. The molecule has 12 rings (SSSR count). The standard InChI is InChI=1S/C52H32N4/c1-3-14-33(15-4-1)34-26-28-35(29-27-34)48-40-19-8-11-23-45(40)53-50(55-48)37-30-31-39-38-18-7-9-20-41(38)52(44(39)32-37)42-21-10-12-25-47(42)56-49-43(52)22-13-24-46(49)54-51(56)36-16-5-2-6-17-36/h1-32H. The second-order valence-corrected chi connectivity index (χ2v) is 14.7. The number of benzene rings is 8. The van der Waals surface area contributed by atoms with Gasteiger partial charge in [-0.15, -0.1) is 0 Å². The van der Waals surface area contributed by atoms with Gasteiger partial charge in [0.1, 0.15) is 5.82 Å². The Morgan fingerprint density at radius 2 is 0.982 bits per heavy atom. The summed E-state index contributed by atoms with van der Waals surface area (Å²) in [5.41, 5.74) is 17.5. The average Bonchev–Trinajstić information content (AvgIpc) is 3.81. The van der Waals surface area contributed by atoms with Crippen molar-refractivity contribution in [3.8, 4) is 62.0 Å². The van der Waals surface area contributed by atoms with Crippen LogP contribution in [-0.4, -0.2) is 19.5 Å². The maximum Gasteiger partial charge on any atom is 0.160 e. The van der Waals surface area contributed by atoms with Crippen molar-refractivity contribution in [2.24, 2.45) is 0 Å². The molecule has 0 N–H and O–H groups in total. The van der Waals surface area contributed by atoms with E-state index in [2.05, 4.69) is 199 Å². The molecule has 1 spiro atoms. The molecule has 0 fully saturated rings. The lowest BCUT2D eigenvalue weighted by Gasteiger charge is -2.39. The first-order valence-electron chi connectivity index (χ1n) is 19.1. The molecule has 0 saturated heterocycles. The molecule has 8 aromatic carbocycles. The van der Waals surface area contributed by atoms with Crippen molar-refractivity contribution in [2.45, 2.75) is 5.41 Å². The topological polar surface area (TPSA) is 43.6 Å². The zero-order chi connectivity index (χ0) is 36.8. The van der Waals surface area contributed by atoms with E-state index in [9.17, 15) is 0 Å². The third-order valence-electron chi connectivity index (χ3n) is 11.8. The molecule has 1 aliphatic carbocycles. The van der Waals surface area contributed by atoms with Gasteiger partial charge in [0.15, 0.2) is 5.82 Å². The number of para-hydroxylation sites is 3. The van der Waals surface area contributed by atoms with E-state index >= 15 is 0 Å². The van der Waals surface area contributed by atoms with Crippen LogP contribution in [0.5, 0.6) is 0 Å². The van der Waals surface area contributed by atoms with Crippen LogP contribution in [0.1, 0.15) is 22.3 Å². The number of fused-ring (bicyclic) bond motifs is 10. The third kappa shape index (κ3) is 4.27. The Hall–Kier alpha value is -7.43. The predicted molar refractivity (Wildman–Crippen MR) is 227 cm³/mol. The summed E-state index contributed by atoms with van der Waals surface area (Å²) in [6, 6.07) is 69.4. The van der Waals surface area contributed by atoms with Crippen LogP contribution >= 0.6 is 0 Å². The van der Waals surface area contributed by atoms with Gasteiger partial charge in [0.25, 0.3) is 0 Å². The smallest absolute Gasteiger partial charge is 0.160 e. The maximum atomic E-state index is 5.38. The first-order valence-corrected chi connectivity index (χ1v) is 19.1. The number of nitrogens with zero attached hydrogens (tertiary/aromatic N) is 4. The molecule has 1 aliphatic heterocycles. The quantitative estimate of drug-likeness (QED) is 0.182. The fourth-order valence-corrected chi connectivity index (χ4v) is 9.45. The molecule has 1 atom stereocenters. The Morgan fingerprint density at radius 1 is 0.375 bits per heavy atom. The van der Waals surface area contributed by atoms with Crippen LogP contribution in [0.25, 0.3) is 83.9 Å². The summed E-state index contributed by atoms with van der Waals surface area (Å²) in [7, 11) is 0. The van der Waals surface area contributed by atoms with Crippen LogP contribution in [0.2, 0.25) is 0 Å². The average molecular weight is 713 g/mol. The van der Waals surface area contributed by atoms with Gasteiger partial charge in [0.2, 0.25) is 0 Å². The van der Waals surface area contributed by atoms with Crippen LogP contribution in [0.15, 0.2) is 194 Å². The molecule has 2 aliphatic rings. The number of aromatic nitrogens is 4. The lowest BCUT2D eigenvalue weighted by molar-refractivity contribution is 0.746. The summed E-state index contributed by atoms with van der Waals surface area (Å²) < 4.78 is 2.38. The molecule has 0 saturated carbocycles. The first kappa shape index (κ1) is 31.0. The van der Waals surface area contributed by atoms with Crippen molar-refractivity contribution in [2.75, 3.05) is 0 Å². The van der Waals surface area contributed by atoms with E-state index in [1.165, 1.54) is 44.5 Å². The summed E-state index contributed by atoms with van der Waals surface area (Å²) in [4.78, 5) is 15.9. The fourth-order valence-electron chi connectivity index (χ4n) is 9.45. The second-order valence-electron chi connectivity index (χ2n) is 14.7. The Kier molecular flexibility index (Phi) is 6.52. The molecular weight excluding hydrogens is 681 g/mol. The Labute approximate surface area is 324 Å². The van der Waals surface area contributed by atoms with E-state index < -0.39 is 5.41 Å². The molecular formula is C52H32N4. The van der Waals surface area contributed by atoms with Crippen LogP contribution in [-0.2, 0) is 5.41 Å². The van der Waals surface area contributed by atoms with Crippen LogP contribution in [0, 0.1) is 0 Å². The molecule has 4 nitrogen and oxygen atoms in total. The van der Waals surface area contributed by atoms with Crippen molar-refractivity contribution in [1.82, 2.24) is 19.5 Å². The van der Waals surface area contributed by atoms with E-state index in [0.29, 0.717) is 5.82 Å². The highest BCUT2D eigenvalue weighted by Crippen LogP contribution is 2.61. The predicted octanol–water partition coefficient (Wildman–Crippen LogP) is 12.3. The molecule has 0 bridgehead atoms. The number of hydrogen-bond acceptors (Lipinski definition) is 3. The zero-order valence-corrected chi connectivity index (χ0v) is 30.3. The lowest BCUT2D eigenvalue weighted by Crippen LogP contribution is -2.33. The monoisotopic (exact) mass is 712 g/mol. The Morgan fingerprint density at radius 3 is 1.82 bits per heavy atom. The molecule has 260 valence electrons. The first-order chi connectivity index (χ1) is 27.8. The highest BCUT2D eigenvalue weighted by atomic mass is 15.1. The van der Waals surface area contributed by atoms with Crippen LogP contribution in [0.4, 0.5) is 0 Å². The largest absolute Gasteiger partial charge is 0.292 e. The van der Waals surface area contributed by atoms with E-state index in [0.717, 1.165) is 55.8 Å². The van der Waals surface area contributed by atoms with Gasteiger partial charge >= 0.3 is 0 Å². The number of hydrogen-bond donors (Lipinski definition) is 0. The van der Waals surface area contributed by atoms with Crippen molar-refractivity contribution in [3.05, 3.63) is 216 Å². The summed E-state index contributed by atoms with van der Waals surface area (Å²) in [6.45, 7) is 0. The maximum absolute atomic E-state index is 5.38. The molecule has 1 unspecified atom stereocenters. The minimum Gasteiger partial charge on any atom is -0.292 e. The van der Waals surface area contributed by atoms with E-state index in [-0.39, 0.29) is 0 Å². The van der Waals surface area contributed by atoms with Crippen molar-refractivity contribution < 1.29 is 0 Å². The highest BCUT2D eigenvalue weighted by Gasteiger charge is 2.51. The highest BCUT2D eigenvalue weighted by molar-refractivity contribution is 5.98. The van der Waals surface area contributed by atoms with Gasteiger partial charge in [0, 0.05) is 22.1 Å². The van der Waals surface area contributed by atoms with Crippen molar-refractivity contribution in [3.63, 3.8) is 0 Å². The van der Waals surface area contributed by atoms with Crippen LogP contribution < -0.4 is 0 Å². The van der Waals surface area contributed by atoms with Gasteiger partial charge in [-0.1, -0.05) is 170 Å². The summed E-state index contributed by atoms with van der Waals surface area (Å²) in [6.07, 6.45) is 0. The minimum atomic E-state index is -0.588. The molecule has 4 heteroatoms. The number of rotatable bonds is 4. The van der Waals surface area contributed by atoms with Gasteiger partial charge in [-0.05, 0) is 68.8 Å². The van der Waals surface area contributed by atoms with Crippen molar-refractivity contribution >= 4 is 21.9 Å². The number of imidazole rings is 1. The second kappa shape index (κ2) is 11.8. The Bertz CT molecular complexity index is 3180. The SMILES string of the molecule is c1ccc(-c2ccc(-c3nc(-c4ccc5c(c4)C4(c6ccccc6-5)c5ccccc5-n5c(-c6ccccc6)nc6cccc4c65)nc4ccccc34)cc2)cc1. The molecule has 10 aromatic rings. The van der Waals surface area contributed by atoms with Gasteiger partial charge in [-0.25, -0.2) is 15.0 Å². The van der Waals surface area contributed by atoms with Crippen molar-refractivity contribution in [1.29, 1.82) is 0 Å². The molecule has 3 heterocycles. The van der Waals surface area contributed by atoms with E-state index in [1.807, 2.05) is 0 Å². The molecule has 2 aromatic heterocycles. The van der Waals surface area contributed by atoms with E-state index in [4.69, 9.17) is 15.0 Å². The van der Waals surface area contributed by atoms with Gasteiger partial charge in [0.05, 0.1) is 33.3 Å². The van der Waals surface area contributed by atoms with E-state index in [1.54, 1.807) is 0 Å². The summed E-state index contributed by atoms with van der Waals surface area (Å²) in [5, 5.41) is 1.03. The lowest BCUT2D eigenvalue weighted by atomic mass is 9.65. The third-order valence-corrected chi connectivity index (χ3v) is 11.8. The van der Waals surface area contributed by atoms with Gasteiger partial charge in [-0.2, -0.15) is 0 Å². The summed E-state index contributed by atoms with van der Waals surface area (Å²) >= 11 is 0. The van der Waals surface area contributed by atoms with Crippen LogP contribution in [0.3, 0.4) is 0 Å². The molecule has 56 heavy (non-hydrogen) atoms. The molecule has 0 amide bonds. The minimum absolute atomic E-state index is 0.588. The summed E-state index contributed by atoms with van der Waals surface area (Å²) in [5.74, 6) is 1.66. The van der Waals surface area contributed by atoms with Gasteiger partial charge < -0.3 is 0 Å². The molecule has 0 radical (unpaired) electrons. The normalized spacial score (nSPS) is 14.9.